The zero-order valence-electron chi connectivity index (χ0n) is 13.8. The molecule has 0 bridgehead atoms. The highest BCUT2D eigenvalue weighted by Gasteiger charge is 2.32. The summed E-state index contributed by atoms with van der Waals surface area (Å²) < 4.78 is 6.09. The second kappa shape index (κ2) is 8.26. The van der Waals surface area contributed by atoms with Gasteiger partial charge in [-0.3, -0.25) is 0 Å². The van der Waals surface area contributed by atoms with Crippen LogP contribution in [-0.2, 0) is 4.74 Å². The van der Waals surface area contributed by atoms with Gasteiger partial charge < -0.3 is 10.1 Å². The van der Waals surface area contributed by atoms with E-state index in [9.17, 15) is 0 Å². The molecule has 1 rings (SSSR count). The molecule has 1 fully saturated rings. The lowest BCUT2D eigenvalue weighted by atomic mass is 9.71. The van der Waals surface area contributed by atoms with E-state index < -0.39 is 0 Å². The fourth-order valence-electron chi connectivity index (χ4n) is 3.38. The SMILES string of the molecule is CC(C)CNCCCCOC1CC(C)CC(C)(C)C1. The zero-order valence-corrected chi connectivity index (χ0v) is 13.8. The smallest absolute Gasteiger partial charge is 0.0582 e. The molecule has 1 aliphatic carbocycles. The number of rotatable bonds is 8. The first-order chi connectivity index (χ1) is 8.89. The summed E-state index contributed by atoms with van der Waals surface area (Å²) in [6, 6.07) is 0. The van der Waals surface area contributed by atoms with Gasteiger partial charge in [-0.05, 0) is 62.4 Å². The fourth-order valence-corrected chi connectivity index (χ4v) is 3.38. The largest absolute Gasteiger partial charge is 0.378 e. The van der Waals surface area contributed by atoms with Crippen LogP contribution >= 0.6 is 0 Å². The van der Waals surface area contributed by atoms with Gasteiger partial charge in [-0.25, -0.2) is 0 Å². The summed E-state index contributed by atoms with van der Waals surface area (Å²) >= 11 is 0. The molecule has 1 saturated carbocycles. The van der Waals surface area contributed by atoms with E-state index in [0.29, 0.717) is 11.5 Å². The summed E-state index contributed by atoms with van der Waals surface area (Å²) in [6.45, 7) is 14.8. The summed E-state index contributed by atoms with van der Waals surface area (Å²) in [5, 5.41) is 3.49. The lowest BCUT2D eigenvalue weighted by Gasteiger charge is -2.38. The van der Waals surface area contributed by atoms with Crippen molar-refractivity contribution in [3.8, 4) is 0 Å². The van der Waals surface area contributed by atoms with Crippen molar-refractivity contribution in [3.63, 3.8) is 0 Å². The minimum Gasteiger partial charge on any atom is -0.378 e. The predicted octanol–water partition coefficient (Wildman–Crippen LogP) is 4.24. The molecule has 0 heterocycles. The molecule has 0 spiro atoms. The fraction of sp³-hybridized carbons (Fsp3) is 1.00. The third kappa shape index (κ3) is 7.94. The number of hydrogen-bond acceptors (Lipinski definition) is 2. The molecule has 0 aromatic heterocycles. The van der Waals surface area contributed by atoms with Gasteiger partial charge in [0.1, 0.15) is 0 Å². The van der Waals surface area contributed by atoms with Crippen LogP contribution in [0, 0.1) is 17.3 Å². The molecular formula is C17H35NO. The van der Waals surface area contributed by atoms with E-state index in [4.69, 9.17) is 4.74 Å². The molecule has 114 valence electrons. The summed E-state index contributed by atoms with van der Waals surface area (Å²) in [5.74, 6) is 1.57. The number of unbranched alkanes of at least 4 members (excludes halogenated alkanes) is 1. The maximum Gasteiger partial charge on any atom is 0.0582 e. The monoisotopic (exact) mass is 269 g/mol. The summed E-state index contributed by atoms with van der Waals surface area (Å²) in [7, 11) is 0. The van der Waals surface area contributed by atoms with Gasteiger partial charge >= 0.3 is 0 Å². The molecule has 2 nitrogen and oxygen atoms in total. The van der Waals surface area contributed by atoms with Crippen LogP contribution in [0.1, 0.15) is 66.7 Å². The quantitative estimate of drug-likeness (QED) is 0.665. The maximum atomic E-state index is 6.09. The molecule has 0 aromatic carbocycles. The van der Waals surface area contributed by atoms with Gasteiger partial charge in [-0.2, -0.15) is 0 Å². The van der Waals surface area contributed by atoms with Crippen molar-refractivity contribution in [1.82, 2.24) is 5.32 Å². The van der Waals surface area contributed by atoms with Crippen molar-refractivity contribution in [2.45, 2.75) is 72.8 Å². The van der Waals surface area contributed by atoms with E-state index in [-0.39, 0.29) is 0 Å². The Bertz CT molecular complexity index is 237. The summed E-state index contributed by atoms with van der Waals surface area (Å²) in [4.78, 5) is 0. The Morgan fingerprint density at radius 1 is 1.21 bits per heavy atom. The second-order valence-electron chi connectivity index (χ2n) is 7.71. The standard InChI is InChI=1S/C17H35NO/c1-14(2)13-18-8-6-7-9-19-16-10-15(3)11-17(4,5)12-16/h14-16,18H,6-13H2,1-5H3. The van der Waals surface area contributed by atoms with E-state index in [1.54, 1.807) is 0 Å². The average Bonchev–Trinajstić information content (AvgIpc) is 2.24. The molecular weight excluding hydrogens is 234 g/mol. The van der Waals surface area contributed by atoms with Gasteiger partial charge in [0.15, 0.2) is 0 Å². The minimum absolute atomic E-state index is 0.473. The van der Waals surface area contributed by atoms with E-state index in [1.807, 2.05) is 0 Å². The van der Waals surface area contributed by atoms with Gasteiger partial charge in [0.05, 0.1) is 6.10 Å². The van der Waals surface area contributed by atoms with E-state index in [2.05, 4.69) is 39.9 Å². The minimum atomic E-state index is 0.473. The van der Waals surface area contributed by atoms with Crippen LogP contribution in [0.2, 0.25) is 0 Å². The molecule has 0 aromatic rings. The normalized spacial score (nSPS) is 26.8. The summed E-state index contributed by atoms with van der Waals surface area (Å²) in [6.07, 6.45) is 6.78. The number of nitrogens with one attached hydrogen (secondary N) is 1. The van der Waals surface area contributed by atoms with Gasteiger partial charge in [0, 0.05) is 6.61 Å². The van der Waals surface area contributed by atoms with Crippen LogP contribution in [0.15, 0.2) is 0 Å². The van der Waals surface area contributed by atoms with Crippen molar-refractivity contribution < 1.29 is 4.74 Å². The molecule has 0 amide bonds. The van der Waals surface area contributed by atoms with Gasteiger partial charge in [0.25, 0.3) is 0 Å². The van der Waals surface area contributed by atoms with Crippen molar-refractivity contribution in [1.29, 1.82) is 0 Å². The number of hydrogen-bond donors (Lipinski definition) is 1. The Balaban J connectivity index is 2.03. The van der Waals surface area contributed by atoms with Crippen LogP contribution in [-0.4, -0.2) is 25.8 Å². The maximum absolute atomic E-state index is 6.09. The predicted molar refractivity (Wildman–Crippen MR) is 83.5 cm³/mol. The van der Waals surface area contributed by atoms with Crippen LogP contribution < -0.4 is 5.32 Å². The Morgan fingerprint density at radius 3 is 2.58 bits per heavy atom. The second-order valence-corrected chi connectivity index (χ2v) is 7.71. The van der Waals surface area contributed by atoms with Crippen molar-refractivity contribution >= 4 is 0 Å². The topological polar surface area (TPSA) is 21.3 Å². The van der Waals surface area contributed by atoms with E-state index in [1.165, 1.54) is 32.1 Å². The molecule has 19 heavy (non-hydrogen) atoms. The molecule has 0 saturated heterocycles. The van der Waals surface area contributed by atoms with Crippen LogP contribution in [0.4, 0.5) is 0 Å². The van der Waals surface area contributed by atoms with Crippen LogP contribution in [0.5, 0.6) is 0 Å². The Hall–Kier alpha value is -0.0800. The lowest BCUT2D eigenvalue weighted by Crippen LogP contribution is -2.32. The van der Waals surface area contributed by atoms with Crippen molar-refractivity contribution in [3.05, 3.63) is 0 Å². The highest BCUT2D eigenvalue weighted by molar-refractivity contribution is 4.83. The van der Waals surface area contributed by atoms with Crippen LogP contribution in [0.25, 0.3) is 0 Å². The van der Waals surface area contributed by atoms with Gasteiger partial charge in [0.2, 0.25) is 0 Å². The highest BCUT2D eigenvalue weighted by Crippen LogP contribution is 2.39. The molecule has 2 unspecified atom stereocenters. The first-order valence-electron chi connectivity index (χ1n) is 8.21. The molecule has 2 atom stereocenters. The zero-order chi connectivity index (χ0) is 14.3. The highest BCUT2D eigenvalue weighted by atomic mass is 16.5. The van der Waals surface area contributed by atoms with Gasteiger partial charge in [-0.15, -0.1) is 0 Å². The Morgan fingerprint density at radius 2 is 1.95 bits per heavy atom. The third-order valence-corrected chi connectivity index (χ3v) is 4.00. The van der Waals surface area contributed by atoms with Gasteiger partial charge in [-0.1, -0.05) is 34.6 Å². The molecule has 0 radical (unpaired) electrons. The third-order valence-electron chi connectivity index (χ3n) is 4.00. The molecule has 1 aliphatic rings. The average molecular weight is 269 g/mol. The first-order valence-corrected chi connectivity index (χ1v) is 8.21. The van der Waals surface area contributed by atoms with Crippen molar-refractivity contribution in [2.75, 3.05) is 19.7 Å². The Kier molecular flexibility index (Phi) is 7.38. The molecule has 2 heteroatoms. The molecule has 1 N–H and O–H groups in total. The summed E-state index contributed by atoms with van der Waals surface area (Å²) in [5.41, 5.74) is 0.473. The van der Waals surface area contributed by atoms with Crippen LogP contribution in [0.3, 0.4) is 0 Å². The lowest BCUT2D eigenvalue weighted by molar-refractivity contribution is -0.0239. The Labute approximate surface area is 120 Å². The van der Waals surface area contributed by atoms with E-state index in [0.717, 1.165) is 31.5 Å². The van der Waals surface area contributed by atoms with E-state index >= 15 is 0 Å². The first kappa shape index (κ1) is 17.0. The number of ether oxygens (including phenoxy) is 1. The molecule has 0 aliphatic heterocycles. The van der Waals surface area contributed by atoms with Crippen molar-refractivity contribution in [2.24, 2.45) is 17.3 Å².